The molecule has 1 amide bonds. The molecular formula is C15H23FN2O3. The Morgan fingerprint density at radius 2 is 2.14 bits per heavy atom. The van der Waals surface area contributed by atoms with Crippen LogP contribution in [0.4, 0.5) is 4.39 Å². The number of carbonyl (C=O) groups excluding carboxylic acids is 1. The van der Waals surface area contributed by atoms with Crippen molar-refractivity contribution in [3.8, 4) is 5.75 Å². The molecule has 0 saturated heterocycles. The number of para-hydroxylation sites is 1. The predicted octanol–water partition coefficient (Wildman–Crippen LogP) is 0.879. The molecule has 0 bridgehead atoms. The van der Waals surface area contributed by atoms with Gasteiger partial charge in [0.25, 0.3) is 0 Å². The number of aliphatic hydroxyl groups excluding tert-OH is 1. The van der Waals surface area contributed by atoms with E-state index in [1.54, 1.807) is 33.2 Å². The van der Waals surface area contributed by atoms with Crippen molar-refractivity contribution in [2.45, 2.75) is 13.0 Å². The first-order chi connectivity index (χ1) is 9.97. The molecule has 6 heteroatoms. The summed E-state index contributed by atoms with van der Waals surface area (Å²) in [6.45, 7) is 2.55. The van der Waals surface area contributed by atoms with Crippen LogP contribution in [-0.2, 0) is 4.79 Å². The van der Waals surface area contributed by atoms with E-state index in [-0.39, 0.29) is 18.3 Å². The summed E-state index contributed by atoms with van der Waals surface area (Å²) < 4.78 is 18.6. The van der Waals surface area contributed by atoms with E-state index in [2.05, 4.69) is 5.32 Å². The number of likely N-dealkylation sites (N-methyl/N-ethyl adjacent to an activating group) is 2. The Morgan fingerprint density at radius 1 is 1.48 bits per heavy atom. The average Bonchev–Trinajstić information content (AvgIpc) is 2.47. The number of ether oxygens (including phenoxy) is 1. The second kappa shape index (κ2) is 8.59. The van der Waals surface area contributed by atoms with Crippen molar-refractivity contribution in [1.29, 1.82) is 0 Å². The number of nitrogens with one attached hydrogen (secondary N) is 1. The van der Waals surface area contributed by atoms with Gasteiger partial charge in [-0.15, -0.1) is 0 Å². The van der Waals surface area contributed by atoms with Crippen molar-refractivity contribution in [3.05, 3.63) is 30.1 Å². The van der Waals surface area contributed by atoms with Gasteiger partial charge in [-0.25, -0.2) is 4.39 Å². The third-order valence-corrected chi connectivity index (χ3v) is 3.28. The summed E-state index contributed by atoms with van der Waals surface area (Å²) in [5.41, 5.74) is 0. The third kappa shape index (κ3) is 5.32. The predicted molar refractivity (Wildman–Crippen MR) is 78.6 cm³/mol. The van der Waals surface area contributed by atoms with Crippen molar-refractivity contribution in [2.24, 2.45) is 5.92 Å². The summed E-state index contributed by atoms with van der Waals surface area (Å²) in [5.74, 6) is -0.934. The maximum atomic E-state index is 13.3. The fourth-order valence-corrected chi connectivity index (χ4v) is 1.86. The third-order valence-electron chi connectivity index (χ3n) is 3.28. The van der Waals surface area contributed by atoms with Crippen molar-refractivity contribution >= 4 is 5.91 Å². The monoisotopic (exact) mass is 298 g/mol. The lowest BCUT2D eigenvalue weighted by molar-refractivity contribution is -0.137. The second-order valence-electron chi connectivity index (χ2n) is 4.95. The summed E-state index contributed by atoms with van der Waals surface area (Å²) in [5, 5.41) is 12.6. The Labute approximate surface area is 124 Å². The van der Waals surface area contributed by atoms with E-state index in [1.165, 1.54) is 17.0 Å². The molecule has 1 aromatic rings. The van der Waals surface area contributed by atoms with Crippen molar-refractivity contribution in [1.82, 2.24) is 10.2 Å². The summed E-state index contributed by atoms with van der Waals surface area (Å²) in [7, 11) is 3.35. The number of amides is 1. The molecule has 1 aromatic carbocycles. The molecule has 2 unspecified atom stereocenters. The maximum Gasteiger partial charge on any atom is 0.227 e. The topological polar surface area (TPSA) is 61.8 Å². The standard InChI is InChI=1S/C15H23FN2O3/c1-11(13(19)10-17-2)15(20)18(3)8-9-21-14-7-5-4-6-12(14)16/h4-7,11,13,17,19H,8-10H2,1-3H3. The minimum atomic E-state index is -0.738. The van der Waals surface area contributed by atoms with Crippen molar-refractivity contribution < 1.29 is 19.0 Å². The molecule has 0 radical (unpaired) electrons. The molecule has 0 aromatic heterocycles. The van der Waals surface area contributed by atoms with Gasteiger partial charge in [0.1, 0.15) is 6.61 Å². The van der Waals surface area contributed by atoms with Crippen LogP contribution in [0.25, 0.3) is 0 Å². The molecule has 0 aliphatic carbocycles. The van der Waals surface area contributed by atoms with Crippen LogP contribution in [0.2, 0.25) is 0 Å². The summed E-state index contributed by atoms with van der Waals surface area (Å²) in [4.78, 5) is 13.6. The molecule has 0 heterocycles. The fraction of sp³-hybridized carbons (Fsp3) is 0.533. The largest absolute Gasteiger partial charge is 0.489 e. The molecule has 0 spiro atoms. The molecular weight excluding hydrogens is 275 g/mol. The number of hydrogen-bond acceptors (Lipinski definition) is 4. The van der Waals surface area contributed by atoms with E-state index in [1.807, 2.05) is 0 Å². The van der Waals surface area contributed by atoms with Gasteiger partial charge >= 0.3 is 0 Å². The molecule has 0 aliphatic rings. The summed E-state index contributed by atoms with van der Waals surface area (Å²) >= 11 is 0. The van der Waals surface area contributed by atoms with Crippen molar-refractivity contribution in [3.63, 3.8) is 0 Å². The zero-order chi connectivity index (χ0) is 15.8. The van der Waals surface area contributed by atoms with Crippen LogP contribution in [-0.4, -0.2) is 55.8 Å². The van der Waals surface area contributed by atoms with Crippen LogP contribution >= 0.6 is 0 Å². The molecule has 0 aliphatic heterocycles. The van der Waals surface area contributed by atoms with Gasteiger partial charge < -0.3 is 20.1 Å². The summed E-state index contributed by atoms with van der Waals surface area (Å²) in [6.07, 6.45) is -0.738. The number of aliphatic hydroxyl groups is 1. The zero-order valence-corrected chi connectivity index (χ0v) is 12.7. The van der Waals surface area contributed by atoms with Gasteiger partial charge in [0.2, 0.25) is 5.91 Å². The van der Waals surface area contributed by atoms with E-state index in [0.29, 0.717) is 13.1 Å². The molecule has 5 nitrogen and oxygen atoms in total. The molecule has 0 fully saturated rings. The first-order valence-electron chi connectivity index (χ1n) is 6.92. The van der Waals surface area contributed by atoms with Crippen molar-refractivity contribution in [2.75, 3.05) is 33.8 Å². The highest BCUT2D eigenvalue weighted by Gasteiger charge is 2.24. The first-order valence-corrected chi connectivity index (χ1v) is 6.92. The number of carbonyl (C=O) groups is 1. The molecule has 2 N–H and O–H groups in total. The number of rotatable bonds is 8. The molecule has 0 saturated carbocycles. The smallest absolute Gasteiger partial charge is 0.227 e. The maximum absolute atomic E-state index is 13.3. The van der Waals surface area contributed by atoms with E-state index in [9.17, 15) is 14.3 Å². The lowest BCUT2D eigenvalue weighted by atomic mass is 10.0. The van der Waals surface area contributed by atoms with Gasteiger partial charge in [0, 0.05) is 13.6 Å². The highest BCUT2D eigenvalue weighted by Crippen LogP contribution is 2.15. The summed E-state index contributed by atoms with van der Waals surface area (Å²) in [6, 6.07) is 6.13. The lowest BCUT2D eigenvalue weighted by Crippen LogP contribution is -2.42. The number of halogens is 1. The highest BCUT2D eigenvalue weighted by molar-refractivity contribution is 5.78. The highest BCUT2D eigenvalue weighted by atomic mass is 19.1. The Balaban J connectivity index is 2.41. The van der Waals surface area contributed by atoms with Gasteiger partial charge in [0.15, 0.2) is 11.6 Å². The van der Waals surface area contributed by atoms with Gasteiger partial charge in [-0.2, -0.15) is 0 Å². The van der Waals surface area contributed by atoms with Crippen LogP contribution in [0.15, 0.2) is 24.3 Å². The minimum Gasteiger partial charge on any atom is -0.489 e. The molecule has 21 heavy (non-hydrogen) atoms. The minimum absolute atomic E-state index is 0.168. The average molecular weight is 298 g/mol. The molecule has 1 rings (SSSR count). The van der Waals surface area contributed by atoms with Gasteiger partial charge in [-0.3, -0.25) is 4.79 Å². The fourth-order valence-electron chi connectivity index (χ4n) is 1.86. The van der Waals surface area contributed by atoms with E-state index in [4.69, 9.17) is 4.74 Å². The number of benzene rings is 1. The van der Waals surface area contributed by atoms with Crippen LogP contribution in [0.3, 0.4) is 0 Å². The molecule has 2 atom stereocenters. The van der Waals surface area contributed by atoms with E-state index >= 15 is 0 Å². The van der Waals surface area contributed by atoms with E-state index < -0.39 is 17.8 Å². The van der Waals surface area contributed by atoms with Crippen LogP contribution in [0.1, 0.15) is 6.92 Å². The Morgan fingerprint density at radius 3 is 2.76 bits per heavy atom. The lowest BCUT2D eigenvalue weighted by Gasteiger charge is -2.24. The second-order valence-corrected chi connectivity index (χ2v) is 4.95. The van der Waals surface area contributed by atoms with Gasteiger partial charge in [0.05, 0.1) is 18.6 Å². The number of hydrogen-bond donors (Lipinski definition) is 2. The Kier molecular flexibility index (Phi) is 7.11. The van der Waals surface area contributed by atoms with Crippen LogP contribution in [0.5, 0.6) is 5.75 Å². The van der Waals surface area contributed by atoms with Crippen LogP contribution in [0, 0.1) is 11.7 Å². The Hall–Kier alpha value is -1.66. The van der Waals surface area contributed by atoms with Gasteiger partial charge in [-0.05, 0) is 19.2 Å². The SMILES string of the molecule is CNCC(O)C(C)C(=O)N(C)CCOc1ccccc1F. The quantitative estimate of drug-likeness (QED) is 0.748. The van der Waals surface area contributed by atoms with Gasteiger partial charge in [-0.1, -0.05) is 19.1 Å². The van der Waals surface area contributed by atoms with E-state index in [0.717, 1.165) is 0 Å². The van der Waals surface area contributed by atoms with Crippen LogP contribution < -0.4 is 10.1 Å². The zero-order valence-electron chi connectivity index (χ0n) is 12.7. The number of nitrogens with zero attached hydrogens (tertiary/aromatic N) is 1. The normalized spacial score (nSPS) is 13.6. The first kappa shape index (κ1) is 17.4. The molecule has 118 valence electrons. The Bertz CT molecular complexity index is 456.